The molecule has 130 valence electrons. The van der Waals surface area contributed by atoms with E-state index in [1.54, 1.807) is 20.8 Å². The first kappa shape index (κ1) is 18.9. The van der Waals surface area contributed by atoms with Crippen molar-refractivity contribution in [3.8, 4) is 0 Å². The third-order valence-corrected chi connectivity index (χ3v) is 3.86. The summed E-state index contributed by atoms with van der Waals surface area (Å²) in [5, 5.41) is 16.6. The molecule has 11 heteroatoms. The maximum absolute atomic E-state index is 12.0. The highest BCUT2D eigenvalue weighted by Gasteiger charge is 2.27. The molecule has 1 aromatic rings. The van der Waals surface area contributed by atoms with Gasteiger partial charge in [-0.1, -0.05) is 0 Å². The standard InChI is InChI=1S/C12H20N4O6S/c1-7-8(10(17)18)9(16-15-7)23(20,21)14-6-5-13-11(19)22-12(2,3)4/h14H,5-6H2,1-4H3,(H,13,19)(H,15,16)(H,17,18). The lowest BCUT2D eigenvalue weighted by molar-refractivity contribution is 0.0528. The van der Waals surface area contributed by atoms with Gasteiger partial charge in [-0.05, 0) is 27.7 Å². The SMILES string of the molecule is Cc1[nH]nc(S(=O)(=O)NCCNC(=O)OC(C)(C)C)c1C(=O)O. The van der Waals surface area contributed by atoms with E-state index in [-0.39, 0.29) is 18.8 Å². The van der Waals surface area contributed by atoms with Gasteiger partial charge in [0.05, 0.1) is 0 Å². The third-order valence-electron chi connectivity index (χ3n) is 2.47. The van der Waals surface area contributed by atoms with Crippen LogP contribution in [0.1, 0.15) is 36.8 Å². The molecule has 23 heavy (non-hydrogen) atoms. The number of hydrogen-bond donors (Lipinski definition) is 4. The van der Waals surface area contributed by atoms with E-state index in [2.05, 4.69) is 20.2 Å². The number of carbonyl (C=O) groups is 2. The predicted molar refractivity (Wildman–Crippen MR) is 79.7 cm³/mol. The number of ether oxygens (including phenoxy) is 1. The molecule has 1 amide bonds. The molecular weight excluding hydrogens is 328 g/mol. The van der Waals surface area contributed by atoms with Crippen LogP contribution in [0.15, 0.2) is 5.03 Å². The lowest BCUT2D eigenvalue weighted by Gasteiger charge is -2.19. The van der Waals surface area contributed by atoms with Crippen LogP contribution in [0.3, 0.4) is 0 Å². The number of aryl methyl sites for hydroxylation is 1. The minimum atomic E-state index is -4.11. The number of nitrogens with one attached hydrogen (secondary N) is 3. The Morgan fingerprint density at radius 3 is 2.43 bits per heavy atom. The van der Waals surface area contributed by atoms with E-state index in [1.807, 2.05) is 0 Å². The molecule has 0 bridgehead atoms. The number of sulfonamides is 1. The Morgan fingerprint density at radius 1 is 1.30 bits per heavy atom. The zero-order valence-electron chi connectivity index (χ0n) is 13.3. The summed E-state index contributed by atoms with van der Waals surface area (Å²) < 4.78 is 31.2. The van der Waals surface area contributed by atoms with Crippen molar-refractivity contribution >= 4 is 22.1 Å². The summed E-state index contributed by atoms with van der Waals surface area (Å²) >= 11 is 0. The van der Waals surface area contributed by atoms with Gasteiger partial charge in [-0.3, -0.25) is 5.10 Å². The third kappa shape index (κ3) is 5.53. The smallest absolute Gasteiger partial charge is 0.407 e. The van der Waals surface area contributed by atoms with Gasteiger partial charge in [-0.2, -0.15) is 5.10 Å². The van der Waals surface area contributed by atoms with Crippen molar-refractivity contribution in [2.45, 2.75) is 38.3 Å². The molecule has 0 fully saturated rings. The van der Waals surface area contributed by atoms with Crippen molar-refractivity contribution in [1.29, 1.82) is 0 Å². The number of rotatable bonds is 6. The van der Waals surface area contributed by atoms with Crippen LogP contribution in [0.5, 0.6) is 0 Å². The van der Waals surface area contributed by atoms with E-state index in [0.29, 0.717) is 0 Å². The summed E-state index contributed by atoms with van der Waals surface area (Å²) in [4.78, 5) is 22.5. The molecule has 0 radical (unpaired) electrons. The maximum atomic E-state index is 12.0. The lowest BCUT2D eigenvalue weighted by atomic mass is 10.2. The fraction of sp³-hybridized carbons (Fsp3) is 0.583. The predicted octanol–water partition coefficient (Wildman–Crippen LogP) is 0.219. The summed E-state index contributed by atoms with van der Waals surface area (Å²) in [6.45, 7) is 6.32. The highest BCUT2D eigenvalue weighted by atomic mass is 32.2. The summed E-state index contributed by atoms with van der Waals surface area (Å²) in [7, 11) is -4.11. The van der Waals surface area contributed by atoms with Crippen LogP contribution in [0.2, 0.25) is 0 Å². The largest absolute Gasteiger partial charge is 0.478 e. The highest BCUT2D eigenvalue weighted by Crippen LogP contribution is 2.15. The van der Waals surface area contributed by atoms with Gasteiger partial charge in [0, 0.05) is 18.8 Å². The van der Waals surface area contributed by atoms with Gasteiger partial charge in [-0.25, -0.2) is 22.7 Å². The van der Waals surface area contributed by atoms with Crippen molar-refractivity contribution in [3.63, 3.8) is 0 Å². The zero-order valence-corrected chi connectivity index (χ0v) is 14.1. The number of carbonyl (C=O) groups excluding carboxylic acids is 1. The second-order valence-corrected chi connectivity index (χ2v) is 7.34. The molecule has 0 aromatic carbocycles. The van der Waals surface area contributed by atoms with Crippen LogP contribution in [0, 0.1) is 6.92 Å². The number of carboxylic acids is 1. The zero-order chi connectivity index (χ0) is 17.8. The van der Waals surface area contributed by atoms with Crippen LogP contribution in [0.4, 0.5) is 4.79 Å². The van der Waals surface area contributed by atoms with E-state index in [1.165, 1.54) is 6.92 Å². The number of aromatic nitrogens is 2. The molecule has 0 saturated carbocycles. The van der Waals surface area contributed by atoms with Crippen LogP contribution in [0.25, 0.3) is 0 Å². The Kier molecular flexibility index (Phi) is 5.72. The number of H-pyrrole nitrogens is 1. The molecule has 0 aliphatic rings. The van der Waals surface area contributed by atoms with Crippen molar-refractivity contribution in [1.82, 2.24) is 20.2 Å². The topological polar surface area (TPSA) is 150 Å². The molecule has 0 atom stereocenters. The second kappa shape index (κ2) is 6.96. The Morgan fingerprint density at radius 2 is 1.91 bits per heavy atom. The fourth-order valence-electron chi connectivity index (χ4n) is 1.59. The van der Waals surface area contributed by atoms with E-state index < -0.39 is 38.3 Å². The number of amides is 1. The van der Waals surface area contributed by atoms with Gasteiger partial charge in [0.2, 0.25) is 5.03 Å². The van der Waals surface area contributed by atoms with Gasteiger partial charge in [0.25, 0.3) is 10.0 Å². The molecule has 4 N–H and O–H groups in total. The number of alkyl carbamates (subject to hydrolysis) is 1. The average Bonchev–Trinajstić information content (AvgIpc) is 2.75. The average molecular weight is 348 g/mol. The van der Waals surface area contributed by atoms with E-state index in [4.69, 9.17) is 9.84 Å². The maximum Gasteiger partial charge on any atom is 0.407 e. The highest BCUT2D eigenvalue weighted by molar-refractivity contribution is 7.89. The molecule has 1 heterocycles. The van der Waals surface area contributed by atoms with Crippen molar-refractivity contribution in [2.75, 3.05) is 13.1 Å². The number of nitrogens with zero attached hydrogens (tertiary/aromatic N) is 1. The number of aromatic carboxylic acids is 1. The van der Waals surface area contributed by atoms with Crippen LogP contribution < -0.4 is 10.0 Å². The van der Waals surface area contributed by atoms with Gasteiger partial charge < -0.3 is 15.2 Å². The Balaban J connectivity index is 2.61. The van der Waals surface area contributed by atoms with Gasteiger partial charge >= 0.3 is 12.1 Å². The number of aromatic amines is 1. The minimum Gasteiger partial charge on any atom is -0.478 e. The lowest BCUT2D eigenvalue weighted by Crippen LogP contribution is -2.38. The Bertz CT molecular complexity index is 689. The van der Waals surface area contributed by atoms with Gasteiger partial charge in [-0.15, -0.1) is 0 Å². The van der Waals surface area contributed by atoms with Gasteiger partial charge in [0.15, 0.2) is 0 Å². The Hall–Kier alpha value is -2.14. The molecule has 1 aromatic heterocycles. The minimum absolute atomic E-state index is 0.0278. The summed E-state index contributed by atoms with van der Waals surface area (Å²) in [6, 6.07) is 0. The van der Waals surface area contributed by atoms with Crippen LogP contribution in [-0.4, -0.2) is 54.5 Å². The fourth-order valence-corrected chi connectivity index (χ4v) is 2.77. The first-order valence-electron chi connectivity index (χ1n) is 6.69. The molecular formula is C12H20N4O6S. The summed E-state index contributed by atoms with van der Waals surface area (Å²) in [6.07, 6.45) is -0.682. The van der Waals surface area contributed by atoms with E-state index in [9.17, 15) is 18.0 Å². The van der Waals surface area contributed by atoms with Crippen molar-refractivity contribution in [2.24, 2.45) is 0 Å². The van der Waals surface area contributed by atoms with Gasteiger partial charge in [0.1, 0.15) is 11.2 Å². The number of hydrogen-bond acceptors (Lipinski definition) is 6. The first-order valence-corrected chi connectivity index (χ1v) is 8.17. The molecule has 1 rings (SSSR count). The number of carboxylic acid groups (broad SMARTS) is 1. The van der Waals surface area contributed by atoms with Crippen molar-refractivity contribution < 1.29 is 27.9 Å². The molecule has 0 saturated heterocycles. The monoisotopic (exact) mass is 348 g/mol. The normalized spacial score (nSPS) is 12.0. The molecule has 10 nitrogen and oxygen atoms in total. The first-order chi connectivity index (χ1) is 10.4. The summed E-state index contributed by atoms with van der Waals surface area (Å²) in [5.41, 5.74) is -0.950. The second-order valence-electron chi connectivity index (χ2n) is 5.66. The van der Waals surface area contributed by atoms with E-state index >= 15 is 0 Å². The molecule has 0 spiro atoms. The molecule has 0 aliphatic carbocycles. The van der Waals surface area contributed by atoms with Crippen LogP contribution in [-0.2, 0) is 14.8 Å². The molecule has 0 unspecified atom stereocenters. The molecule has 0 aliphatic heterocycles. The van der Waals surface area contributed by atoms with Crippen LogP contribution >= 0.6 is 0 Å². The summed E-state index contributed by atoms with van der Waals surface area (Å²) in [5.74, 6) is -1.40. The Labute approximate surface area is 133 Å². The quantitative estimate of drug-likeness (QED) is 0.537. The van der Waals surface area contributed by atoms with E-state index in [0.717, 1.165) is 0 Å². The van der Waals surface area contributed by atoms with Crippen molar-refractivity contribution in [3.05, 3.63) is 11.3 Å².